The third-order valence-corrected chi connectivity index (χ3v) is 16.3. The minimum Gasteiger partial charge on any atom is -0.463 e. The average molecular weight is 832 g/mol. The van der Waals surface area contributed by atoms with Gasteiger partial charge in [-0.15, -0.1) is 11.8 Å². The fraction of sp³-hybridized carbons (Fsp3) is 0.872. The van der Waals surface area contributed by atoms with E-state index in [2.05, 4.69) is 46.0 Å². The molecule has 0 bridgehead atoms. The second kappa shape index (κ2) is 21.1. The van der Waals surface area contributed by atoms with Gasteiger partial charge in [0.15, 0.2) is 12.2 Å². The zero-order valence-electron chi connectivity index (χ0n) is 37.3. The molecule has 1 saturated heterocycles. The first-order valence-corrected chi connectivity index (χ1v) is 23.9. The SMILES string of the molecule is CC(=O)N[C@@H]1[C@@H](OC(C)=O)[C@@H](OC(C)=O)[C@@H](COC(C)=O)O[C@H]1SCCCCCCO[C@H]1CC[C@@]2(C)C(=CC[C@H]3[C@@H]4CC[C@H]([C@H](C)CCCC(C)C)[C@@]4(C)CC[C@@H]32)C1. The maximum Gasteiger partial charge on any atom is 0.303 e. The molecule has 1 heterocycles. The van der Waals surface area contributed by atoms with Crippen LogP contribution in [0.2, 0.25) is 0 Å². The average Bonchev–Trinajstić information content (AvgIpc) is 3.50. The van der Waals surface area contributed by atoms with E-state index >= 15 is 0 Å². The Morgan fingerprint density at radius 2 is 1.57 bits per heavy atom. The normalized spacial score (nSPS) is 36.1. The van der Waals surface area contributed by atoms with Crippen molar-refractivity contribution in [2.45, 2.75) is 195 Å². The van der Waals surface area contributed by atoms with Crippen molar-refractivity contribution in [3.63, 3.8) is 0 Å². The Morgan fingerprint density at radius 1 is 0.845 bits per heavy atom. The number of amides is 1. The van der Waals surface area contributed by atoms with Crippen molar-refractivity contribution in [1.29, 1.82) is 0 Å². The number of esters is 3. The molecule has 0 aromatic rings. The van der Waals surface area contributed by atoms with E-state index in [-0.39, 0.29) is 12.5 Å². The first-order chi connectivity index (χ1) is 27.5. The van der Waals surface area contributed by atoms with Gasteiger partial charge in [0.1, 0.15) is 24.2 Å². The first-order valence-electron chi connectivity index (χ1n) is 22.9. The Labute approximate surface area is 354 Å². The molecular weight excluding hydrogens is 755 g/mol. The van der Waals surface area contributed by atoms with Gasteiger partial charge in [-0.2, -0.15) is 0 Å². The molecule has 0 aromatic carbocycles. The van der Waals surface area contributed by atoms with Gasteiger partial charge in [-0.3, -0.25) is 19.2 Å². The molecule has 3 saturated carbocycles. The molecule has 1 amide bonds. The summed E-state index contributed by atoms with van der Waals surface area (Å²) in [6.45, 7) is 18.4. The highest BCUT2D eigenvalue weighted by Crippen LogP contribution is 2.67. The Hall–Kier alpha value is -2.11. The molecule has 5 rings (SSSR count). The molecule has 4 aliphatic carbocycles. The van der Waals surface area contributed by atoms with Crippen LogP contribution in [-0.2, 0) is 42.9 Å². The van der Waals surface area contributed by atoms with Gasteiger partial charge in [0.05, 0.1) is 6.10 Å². The van der Waals surface area contributed by atoms with Crippen LogP contribution in [-0.4, -0.2) is 78.7 Å². The zero-order valence-corrected chi connectivity index (χ0v) is 38.1. The van der Waals surface area contributed by atoms with Gasteiger partial charge in [0, 0.05) is 34.3 Å². The van der Waals surface area contributed by atoms with E-state index in [9.17, 15) is 19.2 Å². The van der Waals surface area contributed by atoms with E-state index in [1.165, 1.54) is 97.2 Å². The number of hydrogen-bond acceptors (Lipinski definition) is 10. The second-order valence-electron chi connectivity index (χ2n) is 19.5. The summed E-state index contributed by atoms with van der Waals surface area (Å²) in [6, 6.07) is -0.772. The second-order valence-corrected chi connectivity index (χ2v) is 20.7. The van der Waals surface area contributed by atoms with Gasteiger partial charge in [0.2, 0.25) is 5.91 Å². The number of unbranched alkanes of at least 4 members (excludes halogenated alkanes) is 3. The van der Waals surface area contributed by atoms with E-state index in [1.807, 2.05) is 0 Å². The molecule has 4 fully saturated rings. The number of ether oxygens (including phenoxy) is 5. The highest BCUT2D eigenvalue weighted by Gasteiger charge is 2.59. The molecule has 0 aromatic heterocycles. The van der Waals surface area contributed by atoms with E-state index < -0.39 is 47.7 Å². The number of hydrogen-bond donors (Lipinski definition) is 1. The van der Waals surface area contributed by atoms with E-state index in [1.54, 1.807) is 5.57 Å². The van der Waals surface area contributed by atoms with Gasteiger partial charge in [0.25, 0.3) is 0 Å². The lowest BCUT2D eigenvalue weighted by molar-refractivity contribution is -0.211. The number of carbonyl (C=O) groups is 4. The Kier molecular flexibility index (Phi) is 17.1. The lowest BCUT2D eigenvalue weighted by Gasteiger charge is -2.58. The summed E-state index contributed by atoms with van der Waals surface area (Å²) in [6.07, 6.45) is 18.7. The Morgan fingerprint density at radius 3 is 2.26 bits per heavy atom. The zero-order chi connectivity index (χ0) is 42.2. The minimum atomic E-state index is -1.07. The summed E-state index contributed by atoms with van der Waals surface area (Å²) >= 11 is 1.50. The highest BCUT2D eigenvalue weighted by molar-refractivity contribution is 7.99. The molecule has 58 heavy (non-hydrogen) atoms. The molecular formula is C47H77NO9S. The predicted octanol–water partition coefficient (Wildman–Crippen LogP) is 9.36. The van der Waals surface area contributed by atoms with Crippen molar-refractivity contribution in [1.82, 2.24) is 5.32 Å². The fourth-order valence-electron chi connectivity index (χ4n) is 12.2. The monoisotopic (exact) mass is 832 g/mol. The maximum absolute atomic E-state index is 12.3. The highest BCUT2D eigenvalue weighted by atomic mass is 32.2. The van der Waals surface area contributed by atoms with Crippen LogP contribution in [0, 0.1) is 46.3 Å². The number of rotatable bonds is 19. The van der Waals surface area contributed by atoms with Crippen molar-refractivity contribution in [2.75, 3.05) is 19.0 Å². The first kappa shape index (κ1) is 46.9. The molecule has 1 N–H and O–H groups in total. The lowest BCUT2D eigenvalue weighted by atomic mass is 9.47. The largest absolute Gasteiger partial charge is 0.463 e. The summed E-state index contributed by atoms with van der Waals surface area (Å²) in [7, 11) is 0. The van der Waals surface area contributed by atoms with Crippen molar-refractivity contribution < 1.29 is 42.9 Å². The smallest absolute Gasteiger partial charge is 0.303 e. The van der Waals surface area contributed by atoms with Crippen molar-refractivity contribution in [3.8, 4) is 0 Å². The summed E-state index contributed by atoms with van der Waals surface area (Å²) in [5.74, 6) is 3.83. The van der Waals surface area contributed by atoms with Crippen LogP contribution < -0.4 is 5.32 Å². The van der Waals surface area contributed by atoms with Crippen LogP contribution in [0.3, 0.4) is 0 Å². The van der Waals surface area contributed by atoms with E-state index in [0.29, 0.717) is 16.9 Å². The van der Waals surface area contributed by atoms with Crippen molar-refractivity contribution in [2.24, 2.45) is 46.3 Å². The molecule has 1 aliphatic heterocycles. The predicted molar refractivity (Wildman–Crippen MR) is 228 cm³/mol. The quantitative estimate of drug-likeness (QED) is 0.0583. The number of nitrogens with one attached hydrogen (secondary N) is 1. The summed E-state index contributed by atoms with van der Waals surface area (Å²) in [4.78, 5) is 48.1. The number of fused-ring (bicyclic) bond motifs is 5. The van der Waals surface area contributed by atoms with Crippen LogP contribution in [0.4, 0.5) is 0 Å². The number of carbonyl (C=O) groups excluding carboxylic acids is 4. The van der Waals surface area contributed by atoms with Gasteiger partial charge in [-0.1, -0.05) is 78.4 Å². The van der Waals surface area contributed by atoms with E-state index in [4.69, 9.17) is 23.7 Å². The summed E-state index contributed by atoms with van der Waals surface area (Å²) < 4.78 is 29.2. The molecule has 13 atom stereocenters. The Bertz CT molecular complexity index is 1440. The van der Waals surface area contributed by atoms with Crippen LogP contribution in [0.5, 0.6) is 0 Å². The molecule has 330 valence electrons. The Balaban J connectivity index is 1.06. The summed E-state index contributed by atoms with van der Waals surface area (Å²) in [5.41, 5.74) is 1.93. The van der Waals surface area contributed by atoms with Crippen molar-refractivity contribution in [3.05, 3.63) is 11.6 Å². The molecule has 0 unspecified atom stereocenters. The van der Waals surface area contributed by atoms with Gasteiger partial charge < -0.3 is 29.0 Å². The topological polar surface area (TPSA) is 126 Å². The summed E-state index contributed by atoms with van der Waals surface area (Å²) in [5, 5.41) is 2.85. The van der Waals surface area contributed by atoms with E-state index in [0.717, 1.165) is 86.4 Å². The van der Waals surface area contributed by atoms with Gasteiger partial charge in [-0.05, 0) is 116 Å². The minimum absolute atomic E-state index is 0.188. The lowest BCUT2D eigenvalue weighted by Crippen LogP contribution is -2.65. The standard InChI is InChI=1S/C47H77NO9S/c1-29(2)15-14-16-30(3)38-19-20-39-37-18-17-35-27-36(21-23-46(35,8)40(37)22-24-47(38,39)9)53-25-12-10-11-13-26-58-45-42(48-31(4)49)44(56-34(7)52)43(55-33(6)51)41(57-45)28-54-32(5)50/h17,29-30,36-45H,10-16,18-28H2,1-9H3,(H,48,49)/t30-,36+,37+,38-,39+,40+,41-,42-,43+,44-,45+,46+,47-/m1/s1. The third-order valence-electron chi connectivity index (χ3n) is 15.0. The molecule has 10 nitrogen and oxygen atoms in total. The van der Waals surface area contributed by atoms with Crippen LogP contribution in [0.1, 0.15) is 159 Å². The molecule has 11 heteroatoms. The number of allylic oxidation sites excluding steroid dienone is 1. The van der Waals surface area contributed by atoms with Gasteiger partial charge >= 0.3 is 17.9 Å². The van der Waals surface area contributed by atoms with Crippen LogP contribution >= 0.6 is 11.8 Å². The maximum atomic E-state index is 12.3. The molecule has 0 spiro atoms. The van der Waals surface area contributed by atoms with Gasteiger partial charge in [-0.25, -0.2) is 0 Å². The van der Waals surface area contributed by atoms with Crippen LogP contribution in [0.15, 0.2) is 11.6 Å². The fourth-order valence-corrected chi connectivity index (χ4v) is 13.5. The molecule has 0 radical (unpaired) electrons. The van der Waals surface area contributed by atoms with Crippen molar-refractivity contribution >= 4 is 35.6 Å². The third kappa shape index (κ3) is 11.6. The number of thioether (sulfide) groups is 1. The van der Waals surface area contributed by atoms with Crippen LogP contribution in [0.25, 0.3) is 0 Å². The molecule has 5 aliphatic rings.